The van der Waals surface area contributed by atoms with Gasteiger partial charge in [-0.25, -0.2) is 0 Å². The fourth-order valence-electron chi connectivity index (χ4n) is 10.5. The summed E-state index contributed by atoms with van der Waals surface area (Å²) in [7, 11) is 0. The molecular weight excluding hydrogens is 701 g/mol. The van der Waals surface area contributed by atoms with E-state index in [2.05, 4.69) is 205 Å². The summed E-state index contributed by atoms with van der Waals surface area (Å²) in [5, 5.41) is 15.5. The van der Waals surface area contributed by atoms with Gasteiger partial charge in [-0.05, 0) is 121 Å². The van der Waals surface area contributed by atoms with Crippen LogP contribution in [0.4, 0.5) is 0 Å². The first kappa shape index (κ1) is 33.0. The Kier molecular flexibility index (Phi) is 7.22. The number of rotatable bonds is 5. The average molecular weight is 741 g/mol. The molecule has 12 rings (SSSR count). The van der Waals surface area contributed by atoms with Gasteiger partial charge in [-0.1, -0.05) is 152 Å². The largest absolute Gasteiger partial charge is 0.341 e. The number of benzene rings is 10. The Morgan fingerprint density at radius 3 is 1.22 bits per heavy atom. The molecule has 0 aliphatic rings. The second kappa shape index (κ2) is 12.7. The smallest absolute Gasteiger partial charge is 0.0498 e. The Labute approximate surface area is 336 Å². The van der Waals surface area contributed by atoms with Gasteiger partial charge in [0.05, 0.1) is 0 Å². The van der Waals surface area contributed by atoms with Crippen LogP contribution in [0, 0.1) is 0 Å². The van der Waals surface area contributed by atoms with E-state index in [0.717, 1.165) is 13.1 Å². The number of aromatic nitrogens is 2. The lowest BCUT2D eigenvalue weighted by atomic mass is 9.85. The number of nitrogens with zero attached hydrogens (tertiary/aromatic N) is 2. The van der Waals surface area contributed by atoms with Crippen molar-refractivity contribution in [1.29, 1.82) is 0 Å². The highest BCUT2D eigenvalue weighted by atomic mass is 15.0. The average Bonchev–Trinajstić information content (AvgIpc) is 3.81. The highest BCUT2D eigenvalue weighted by molar-refractivity contribution is 6.29. The molecule has 0 N–H and O–H groups in total. The summed E-state index contributed by atoms with van der Waals surface area (Å²) in [6.45, 7) is 6.33. The minimum atomic E-state index is 0.902. The second-order valence-electron chi connectivity index (χ2n) is 15.7. The van der Waals surface area contributed by atoms with Gasteiger partial charge in [-0.2, -0.15) is 0 Å². The Morgan fingerprint density at radius 1 is 0.310 bits per heavy atom. The van der Waals surface area contributed by atoms with Crippen LogP contribution in [-0.2, 0) is 13.1 Å². The molecule has 12 aromatic rings. The van der Waals surface area contributed by atoms with Gasteiger partial charge in [-0.15, -0.1) is 0 Å². The van der Waals surface area contributed by atoms with E-state index in [0.29, 0.717) is 0 Å². The summed E-state index contributed by atoms with van der Waals surface area (Å²) < 4.78 is 4.98. The SMILES string of the molecule is CCn1c2cccc(-c3cccc4c(-c5ccccc5)c5cccc(-c6cccc7c6c6c8ccccc8ccc6n7CC)c5cc34)c2c2c3ccccc3ccc21. The summed E-state index contributed by atoms with van der Waals surface area (Å²) in [6.07, 6.45) is 0. The zero-order chi connectivity index (χ0) is 38.5. The quantitative estimate of drug-likeness (QED) is 0.156. The van der Waals surface area contributed by atoms with Crippen LogP contribution in [-0.4, -0.2) is 9.13 Å². The zero-order valence-corrected chi connectivity index (χ0v) is 32.6. The number of aryl methyl sites for hydroxylation is 2. The maximum Gasteiger partial charge on any atom is 0.0498 e. The van der Waals surface area contributed by atoms with Crippen LogP contribution < -0.4 is 0 Å². The van der Waals surface area contributed by atoms with Gasteiger partial charge in [0.1, 0.15) is 0 Å². The van der Waals surface area contributed by atoms with Crippen LogP contribution in [0.2, 0.25) is 0 Å². The van der Waals surface area contributed by atoms with Crippen LogP contribution in [0.5, 0.6) is 0 Å². The molecule has 2 nitrogen and oxygen atoms in total. The van der Waals surface area contributed by atoms with Crippen LogP contribution in [0.3, 0.4) is 0 Å². The normalized spacial score (nSPS) is 12.1. The minimum absolute atomic E-state index is 0.902. The monoisotopic (exact) mass is 740 g/mol. The van der Waals surface area contributed by atoms with Gasteiger partial charge in [-0.3, -0.25) is 0 Å². The lowest BCUT2D eigenvalue weighted by Crippen LogP contribution is -1.93. The molecule has 0 aliphatic heterocycles. The predicted molar refractivity (Wildman–Crippen MR) is 250 cm³/mol. The van der Waals surface area contributed by atoms with E-state index in [1.807, 2.05) is 0 Å². The van der Waals surface area contributed by atoms with Gasteiger partial charge >= 0.3 is 0 Å². The third-order valence-corrected chi connectivity index (χ3v) is 12.9. The van der Waals surface area contributed by atoms with Crippen molar-refractivity contribution in [1.82, 2.24) is 9.13 Å². The summed E-state index contributed by atoms with van der Waals surface area (Å²) >= 11 is 0. The van der Waals surface area contributed by atoms with E-state index in [-0.39, 0.29) is 0 Å². The topological polar surface area (TPSA) is 9.86 Å². The van der Waals surface area contributed by atoms with Crippen LogP contribution in [0.1, 0.15) is 13.8 Å². The summed E-state index contributed by atoms with van der Waals surface area (Å²) in [6, 6.07) is 68.2. The van der Waals surface area contributed by atoms with Gasteiger partial charge < -0.3 is 9.13 Å². The van der Waals surface area contributed by atoms with Crippen molar-refractivity contribution in [2.45, 2.75) is 26.9 Å². The summed E-state index contributed by atoms with van der Waals surface area (Å²) in [5.41, 5.74) is 12.7. The fraction of sp³-hybridized carbons (Fsp3) is 0.0714. The molecular formula is C56H40N2. The molecule has 2 aromatic heterocycles. The van der Waals surface area contributed by atoms with E-state index in [1.165, 1.54) is 120 Å². The van der Waals surface area contributed by atoms with E-state index in [9.17, 15) is 0 Å². The predicted octanol–water partition coefficient (Wildman–Crippen LogP) is 15.6. The van der Waals surface area contributed by atoms with Crippen molar-refractivity contribution in [3.63, 3.8) is 0 Å². The molecule has 2 heterocycles. The molecule has 274 valence electrons. The van der Waals surface area contributed by atoms with Crippen molar-refractivity contribution < 1.29 is 0 Å². The number of hydrogen-bond donors (Lipinski definition) is 0. The first-order valence-electron chi connectivity index (χ1n) is 20.6. The van der Waals surface area contributed by atoms with E-state index < -0.39 is 0 Å². The van der Waals surface area contributed by atoms with Crippen molar-refractivity contribution in [3.8, 4) is 33.4 Å². The molecule has 0 saturated heterocycles. The molecule has 0 saturated carbocycles. The van der Waals surface area contributed by atoms with Crippen LogP contribution >= 0.6 is 0 Å². The summed E-state index contributed by atoms with van der Waals surface area (Å²) in [5.74, 6) is 0. The molecule has 0 aliphatic carbocycles. The van der Waals surface area contributed by atoms with Crippen LogP contribution in [0.15, 0.2) is 182 Å². The van der Waals surface area contributed by atoms with Crippen molar-refractivity contribution in [2.24, 2.45) is 0 Å². The standard InChI is InChI=1S/C56H40N2/c1-3-57-48-28-14-26-42(55(48)53-38-20-10-8-16-35(38)30-32-50(53)57)40-22-12-24-44-46(40)34-47-41(23-13-25-45(47)52(44)37-18-6-5-7-19-37)43-27-15-29-49-56(43)54-39-21-11-9-17-36(39)31-33-51(54)58(49)4-2/h5-34H,3-4H2,1-2H3. The molecule has 0 bridgehead atoms. The van der Waals surface area contributed by atoms with E-state index >= 15 is 0 Å². The fourth-order valence-corrected chi connectivity index (χ4v) is 10.5. The second-order valence-corrected chi connectivity index (χ2v) is 15.7. The highest BCUT2D eigenvalue weighted by Crippen LogP contribution is 2.48. The first-order valence-corrected chi connectivity index (χ1v) is 20.6. The lowest BCUT2D eigenvalue weighted by molar-refractivity contribution is 0.827. The van der Waals surface area contributed by atoms with Crippen LogP contribution in [0.25, 0.3) is 120 Å². The number of hydrogen-bond acceptors (Lipinski definition) is 0. The molecule has 10 aromatic carbocycles. The Bertz CT molecular complexity index is 3420. The Morgan fingerprint density at radius 2 is 0.724 bits per heavy atom. The Hall–Kier alpha value is -7.16. The molecule has 58 heavy (non-hydrogen) atoms. The minimum Gasteiger partial charge on any atom is -0.341 e. The van der Waals surface area contributed by atoms with Crippen molar-refractivity contribution in [2.75, 3.05) is 0 Å². The lowest BCUT2D eigenvalue weighted by Gasteiger charge is -2.18. The van der Waals surface area contributed by atoms with E-state index in [4.69, 9.17) is 0 Å². The van der Waals surface area contributed by atoms with Gasteiger partial charge in [0.15, 0.2) is 0 Å². The zero-order valence-electron chi connectivity index (χ0n) is 32.6. The third kappa shape index (κ3) is 4.54. The van der Waals surface area contributed by atoms with Gasteiger partial charge in [0.2, 0.25) is 0 Å². The van der Waals surface area contributed by atoms with E-state index in [1.54, 1.807) is 0 Å². The molecule has 0 unspecified atom stereocenters. The highest BCUT2D eigenvalue weighted by Gasteiger charge is 2.22. The number of fused-ring (bicyclic) bond motifs is 12. The third-order valence-electron chi connectivity index (χ3n) is 12.9. The molecule has 0 fully saturated rings. The van der Waals surface area contributed by atoms with Gasteiger partial charge in [0, 0.05) is 56.7 Å². The van der Waals surface area contributed by atoms with Crippen molar-refractivity contribution >= 4 is 86.7 Å². The Balaban J connectivity index is 1.24. The van der Waals surface area contributed by atoms with Gasteiger partial charge in [0.25, 0.3) is 0 Å². The molecule has 0 radical (unpaired) electrons. The molecule has 0 atom stereocenters. The first-order chi connectivity index (χ1) is 28.7. The molecule has 0 amide bonds. The maximum absolute atomic E-state index is 2.51. The van der Waals surface area contributed by atoms with Crippen molar-refractivity contribution in [3.05, 3.63) is 182 Å². The molecule has 0 spiro atoms. The summed E-state index contributed by atoms with van der Waals surface area (Å²) in [4.78, 5) is 0. The maximum atomic E-state index is 2.51. The molecule has 2 heteroatoms.